The van der Waals surface area contributed by atoms with Crippen molar-refractivity contribution >= 4 is 11.6 Å². The van der Waals surface area contributed by atoms with Crippen molar-refractivity contribution in [3.05, 3.63) is 30.1 Å². The molecular weight excluding hydrogens is 303 g/mol. The number of rotatable bonds is 2. The summed E-state index contributed by atoms with van der Waals surface area (Å²) < 4.78 is 13.8. The number of piperidine rings is 1. The van der Waals surface area contributed by atoms with E-state index in [0.717, 1.165) is 44.3 Å². The lowest BCUT2D eigenvalue weighted by Crippen LogP contribution is -2.54. The monoisotopic (exact) mass is 330 g/mol. The fourth-order valence-electron chi connectivity index (χ4n) is 4.81. The first kappa shape index (κ1) is 15.9. The van der Waals surface area contributed by atoms with Gasteiger partial charge in [-0.15, -0.1) is 0 Å². The number of nitrogens with zero attached hydrogens (tertiary/aromatic N) is 2. The Hall–Kier alpha value is -1.58. The number of hydrogen-bond donors (Lipinski definition) is 0. The van der Waals surface area contributed by atoms with Crippen LogP contribution in [0.1, 0.15) is 52.9 Å². The van der Waals surface area contributed by atoms with Gasteiger partial charge in [0.05, 0.1) is 12.1 Å². The SMILES string of the molecule is CC1(C(=O)N2CCC[C@H]3[C@@H]2CC(C)(C)N3c2cccc(F)c2)CC1. The van der Waals surface area contributed by atoms with Crippen LogP contribution in [-0.2, 0) is 4.79 Å². The van der Waals surface area contributed by atoms with Gasteiger partial charge < -0.3 is 9.80 Å². The molecule has 1 amide bonds. The molecule has 0 bridgehead atoms. The second-order valence-electron chi connectivity index (χ2n) is 8.70. The number of anilines is 1. The molecule has 4 rings (SSSR count). The molecular formula is C20H27FN2O. The van der Waals surface area contributed by atoms with Crippen LogP contribution in [0.5, 0.6) is 0 Å². The molecule has 0 radical (unpaired) electrons. The molecule has 0 N–H and O–H groups in total. The van der Waals surface area contributed by atoms with Crippen LogP contribution < -0.4 is 4.90 Å². The Morgan fingerprint density at radius 3 is 2.62 bits per heavy atom. The summed E-state index contributed by atoms with van der Waals surface area (Å²) in [6, 6.07) is 7.45. The third-order valence-corrected chi connectivity index (χ3v) is 6.30. The topological polar surface area (TPSA) is 23.6 Å². The van der Waals surface area contributed by atoms with Gasteiger partial charge >= 0.3 is 0 Å². The van der Waals surface area contributed by atoms with Gasteiger partial charge in [0, 0.05) is 23.2 Å². The maximum atomic E-state index is 13.8. The van der Waals surface area contributed by atoms with E-state index < -0.39 is 0 Å². The lowest BCUT2D eigenvalue weighted by molar-refractivity contribution is -0.140. The minimum absolute atomic E-state index is 0.0730. The first-order valence-corrected chi connectivity index (χ1v) is 9.18. The lowest BCUT2D eigenvalue weighted by Gasteiger charge is -2.43. The van der Waals surface area contributed by atoms with Crippen LogP contribution in [0.25, 0.3) is 0 Å². The summed E-state index contributed by atoms with van der Waals surface area (Å²) in [7, 11) is 0. The Labute approximate surface area is 143 Å². The van der Waals surface area contributed by atoms with E-state index >= 15 is 0 Å². The van der Waals surface area contributed by atoms with Crippen LogP contribution in [0.3, 0.4) is 0 Å². The van der Waals surface area contributed by atoms with Crippen molar-refractivity contribution in [2.24, 2.45) is 5.41 Å². The highest BCUT2D eigenvalue weighted by Crippen LogP contribution is 2.50. The Bertz CT molecular complexity index is 667. The smallest absolute Gasteiger partial charge is 0.228 e. The Kier molecular flexibility index (Phi) is 3.45. The van der Waals surface area contributed by atoms with Crippen molar-refractivity contribution in [2.75, 3.05) is 11.4 Å². The van der Waals surface area contributed by atoms with Crippen LogP contribution in [0.15, 0.2) is 24.3 Å². The van der Waals surface area contributed by atoms with Crippen molar-refractivity contribution in [3.8, 4) is 0 Å². The first-order valence-electron chi connectivity index (χ1n) is 9.18. The number of fused-ring (bicyclic) bond motifs is 1. The van der Waals surface area contributed by atoms with Gasteiger partial charge in [-0.3, -0.25) is 4.79 Å². The largest absolute Gasteiger partial charge is 0.361 e. The van der Waals surface area contributed by atoms with Gasteiger partial charge in [0.2, 0.25) is 5.91 Å². The molecule has 0 unspecified atom stereocenters. The molecule has 2 heterocycles. The summed E-state index contributed by atoms with van der Waals surface area (Å²) in [6.45, 7) is 7.42. The molecule has 2 saturated heterocycles. The molecule has 1 aliphatic carbocycles. The van der Waals surface area contributed by atoms with Crippen molar-refractivity contribution in [1.29, 1.82) is 0 Å². The molecule has 1 saturated carbocycles. The number of carbonyl (C=O) groups is 1. The zero-order chi connectivity index (χ0) is 17.1. The summed E-state index contributed by atoms with van der Waals surface area (Å²) in [5.74, 6) is 0.148. The van der Waals surface area contributed by atoms with Gasteiger partial charge in [-0.25, -0.2) is 4.39 Å². The van der Waals surface area contributed by atoms with Crippen LogP contribution in [-0.4, -0.2) is 35.0 Å². The highest BCUT2D eigenvalue weighted by atomic mass is 19.1. The molecule has 1 aromatic carbocycles. The number of carbonyl (C=O) groups excluding carboxylic acids is 1. The quantitative estimate of drug-likeness (QED) is 0.819. The average molecular weight is 330 g/mol. The van der Waals surface area contributed by atoms with Gasteiger partial charge in [0.1, 0.15) is 5.82 Å². The van der Waals surface area contributed by atoms with Crippen molar-refractivity contribution < 1.29 is 9.18 Å². The summed E-state index contributed by atoms with van der Waals surface area (Å²) in [5.41, 5.74) is 0.758. The third kappa shape index (κ3) is 2.42. The Balaban J connectivity index is 1.67. The molecule has 2 aliphatic heterocycles. The third-order valence-electron chi connectivity index (χ3n) is 6.30. The number of hydrogen-bond acceptors (Lipinski definition) is 2. The van der Waals surface area contributed by atoms with Crippen LogP contribution in [0.2, 0.25) is 0 Å². The van der Waals surface area contributed by atoms with Gasteiger partial charge in [-0.05, 0) is 64.2 Å². The Morgan fingerprint density at radius 1 is 1.21 bits per heavy atom. The van der Waals surface area contributed by atoms with E-state index in [1.54, 1.807) is 12.1 Å². The second kappa shape index (κ2) is 5.21. The number of halogens is 1. The van der Waals surface area contributed by atoms with E-state index in [2.05, 4.69) is 30.6 Å². The zero-order valence-corrected chi connectivity index (χ0v) is 14.9. The van der Waals surface area contributed by atoms with E-state index in [4.69, 9.17) is 0 Å². The normalized spacial score (nSPS) is 30.2. The van der Waals surface area contributed by atoms with Crippen molar-refractivity contribution in [2.45, 2.75) is 70.5 Å². The minimum atomic E-state index is -0.194. The van der Waals surface area contributed by atoms with Gasteiger partial charge in [0.15, 0.2) is 0 Å². The predicted octanol–water partition coefficient (Wildman–Crippen LogP) is 3.97. The molecule has 3 nitrogen and oxygen atoms in total. The Morgan fingerprint density at radius 2 is 1.96 bits per heavy atom. The number of likely N-dealkylation sites (tertiary alicyclic amines) is 1. The fourth-order valence-corrected chi connectivity index (χ4v) is 4.81. The minimum Gasteiger partial charge on any atom is -0.361 e. The molecule has 2 atom stereocenters. The molecule has 4 heteroatoms. The fraction of sp³-hybridized carbons (Fsp3) is 0.650. The summed E-state index contributed by atoms with van der Waals surface area (Å²) in [5, 5.41) is 0. The van der Waals surface area contributed by atoms with Gasteiger partial charge in [-0.1, -0.05) is 13.0 Å². The molecule has 0 aromatic heterocycles. The molecule has 3 aliphatic rings. The van der Waals surface area contributed by atoms with Crippen LogP contribution in [0.4, 0.5) is 10.1 Å². The average Bonchev–Trinajstić information content (AvgIpc) is 3.20. The maximum Gasteiger partial charge on any atom is 0.228 e. The molecule has 24 heavy (non-hydrogen) atoms. The maximum absolute atomic E-state index is 13.8. The molecule has 3 fully saturated rings. The lowest BCUT2D eigenvalue weighted by atomic mass is 9.92. The molecule has 1 aromatic rings. The number of amides is 1. The summed E-state index contributed by atoms with van der Waals surface area (Å²) in [6.07, 6.45) is 5.11. The highest BCUT2D eigenvalue weighted by Gasteiger charge is 2.55. The van der Waals surface area contributed by atoms with E-state index in [9.17, 15) is 9.18 Å². The highest BCUT2D eigenvalue weighted by molar-refractivity contribution is 5.85. The zero-order valence-electron chi connectivity index (χ0n) is 14.9. The van der Waals surface area contributed by atoms with E-state index in [-0.39, 0.29) is 22.8 Å². The summed E-state index contributed by atoms with van der Waals surface area (Å²) in [4.78, 5) is 17.5. The van der Waals surface area contributed by atoms with Crippen molar-refractivity contribution in [1.82, 2.24) is 4.90 Å². The van der Waals surface area contributed by atoms with E-state index in [1.165, 1.54) is 6.07 Å². The summed E-state index contributed by atoms with van der Waals surface area (Å²) >= 11 is 0. The molecule has 0 spiro atoms. The standard InChI is InChI=1S/C20H27FN2O/c1-19(2)13-17-16(23(19)15-7-4-6-14(21)12-15)8-5-11-22(17)18(24)20(3)9-10-20/h4,6-7,12,16-17H,5,8-11,13H2,1-3H3/t16-,17-/m0/s1. The van der Waals surface area contributed by atoms with Crippen molar-refractivity contribution in [3.63, 3.8) is 0 Å². The van der Waals surface area contributed by atoms with E-state index in [0.29, 0.717) is 11.9 Å². The van der Waals surface area contributed by atoms with Crippen LogP contribution >= 0.6 is 0 Å². The molecule has 130 valence electrons. The van der Waals surface area contributed by atoms with Gasteiger partial charge in [-0.2, -0.15) is 0 Å². The number of benzene rings is 1. The predicted molar refractivity (Wildman–Crippen MR) is 93.4 cm³/mol. The van der Waals surface area contributed by atoms with Gasteiger partial charge in [0.25, 0.3) is 0 Å². The second-order valence-corrected chi connectivity index (χ2v) is 8.70. The van der Waals surface area contributed by atoms with Crippen LogP contribution in [0, 0.1) is 11.2 Å². The first-order chi connectivity index (χ1) is 11.3. The van der Waals surface area contributed by atoms with E-state index in [1.807, 2.05) is 6.07 Å².